The zero-order valence-corrected chi connectivity index (χ0v) is 10.7. The predicted molar refractivity (Wildman–Crippen MR) is 71.0 cm³/mol. The van der Waals surface area contributed by atoms with Crippen LogP contribution in [-0.2, 0) is 0 Å². The van der Waals surface area contributed by atoms with Crippen LogP contribution in [0.15, 0.2) is 24.3 Å². The SMILES string of the molecule is COc1ccccc1C(=O)NCCCNC1CC1. The second kappa shape index (κ2) is 6.40. The average molecular weight is 248 g/mol. The fourth-order valence-electron chi connectivity index (χ4n) is 1.81. The number of benzene rings is 1. The number of amides is 1. The lowest BCUT2D eigenvalue weighted by molar-refractivity contribution is 0.0950. The molecule has 4 heteroatoms. The molecule has 18 heavy (non-hydrogen) atoms. The van der Waals surface area contributed by atoms with Crippen molar-refractivity contribution in [1.82, 2.24) is 10.6 Å². The first-order valence-corrected chi connectivity index (χ1v) is 6.46. The van der Waals surface area contributed by atoms with Gasteiger partial charge in [0.1, 0.15) is 5.75 Å². The molecular formula is C14H20N2O2. The summed E-state index contributed by atoms with van der Waals surface area (Å²) >= 11 is 0. The van der Waals surface area contributed by atoms with Crippen LogP contribution in [0.2, 0.25) is 0 Å². The summed E-state index contributed by atoms with van der Waals surface area (Å²) in [4.78, 5) is 11.9. The maximum atomic E-state index is 11.9. The number of hydrogen-bond acceptors (Lipinski definition) is 3. The number of rotatable bonds is 7. The van der Waals surface area contributed by atoms with Crippen molar-refractivity contribution in [3.05, 3.63) is 29.8 Å². The zero-order valence-electron chi connectivity index (χ0n) is 10.7. The Bertz CT molecular complexity index is 403. The molecule has 2 N–H and O–H groups in total. The second-order valence-electron chi connectivity index (χ2n) is 4.54. The van der Waals surface area contributed by atoms with Gasteiger partial charge >= 0.3 is 0 Å². The van der Waals surface area contributed by atoms with Crippen molar-refractivity contribution in [3.8, 4) is 5.75 Å². The smallest absolute Gasteiger partial charge is 0.255 e. The number of ether oxygens (including phenoxy) is 1. The minimum Gasteiger partial charge on any atom is -0.496 e. The van der Waals surface area contributed by atoms with Gasteiger partial charge in [0.2, 0.25) is 0 Å². The van der Waals surface area contributed by atoms with Crippen LogP contribution in [0.25, 0.3) is 0 Å². The lowest BCUT2D eigenvalue weighted by atomic mass is 10.2. The number of nitrogens with one attached hydrogen (secondary N) is 2. The largest absolute Gasteiger partial charge is 0.496 e. The van der Waals surface area contributed by atoms with Gasteiger partial charge in [-0.1, -0.05) is 12.1 Å². The molecule has 1 saturated carbocycles. The Labute approximate surface area is 108 Å². The van der Waals surface area contributed by atoms with Crippen molar-refractivity contribution < 1.29 is 9.53 Å². The summed E-state index contributed by atoms with van der Waals surface area (Å²) in [6.45, 7) is 1.66. The van der Waals surface area contributed by atoms with Crippen LogP contribution in [0.5, 0.6) is 5.75 Å². The van der Waals surface area contributed by atoms with E-state index < -0.39 is 0 Å². The Morgan fingerprint density at radius 2 is 2.11 bits per heavy atom. The van der Waals surface area contributed by atoms with Gasteiger partial charge in [0.05, 0.1) is 12.7 Å². The third-order valence-electron chi connectivity index (χ3n) is 3.00. The van der Waals surface area contributed by atoms with Crippen molar-refractivity contribution in [3.63, 3.8) is 0 Å². The molecule has 1 aliphatic carbocycles. The molecular weight excluding hydrogens is 228 g/mol. The molecule has 1 aromatic carbocycles. The fourth-order valence-corrected chi connectivity index (χ4v) is 1.81. The molecule has 0 aromatic heterocycles. The van der Waals surface area contributed by atoms with Gasteiger partial charge < -0.3 is 15.4 Å². The normalized spacial score (nSPS) is 14.3. The van der Waals surface area contributed by atoms with Crippen molar-refractivity contribution in [1.29, 1.82) is 0 Å². The number of para-hydroxylation sites is 1. The van der Waals surface area contributed by atoms with Crippen LogP contribution in [0.3, 0.4) is 0 Å². The summed E-state index contributed by atoms with van der Waals surface area (Å²) < 4.78 is 5.16. The molecule has 1 fully saturated rings. The van der Waals surface area contributed by atoms with Crippen LogP contribution < -0.4 is 15.4 Å². The summed E-state index contributed by atoms with van der Waals surface area (Å²) in [5.74, 6) is 0.546. The average Bonchev–Trinajstić information content (AvgIpc) is 3.22. The van der Waals surface area contributed by atoms with Crippen LogP contribution >= 0.6 is 0 Å². The van der Waals surface area contributed by atoms with Crippen LogP contribution in [0.1, 0.15) is 29.6 Å². The number of carbonyl (C=O) groups excluding carboxylic acids is 1. The van der Waals surface area contributed by atoms with Gasteiger partial charge in [-0.15, -0.1) is 0 Å². The van der Waals surface area contributed by atoms with Crippen molar-refractivity contribution in [2.75, 3.05) is 20.2 Å². The van der Waals surface area contributed by atoms with Gasteiger partial charge in [0.25, 0.3) is 5.91 Å². The summed E-state index contributed by atoms with van der Waals surface area (Å²) in [5, 5.41) is 6.33. The third-order valence-corrected chi connectivity index (χ3v) is 3.00. The molecule has 4 nitrogen and oxygen atoms in total. The standard InChI is InChI=1S/C14H20N2O2/c1-18-13-6-3-2-5-12(13)14(17)16-10-4-9-15-11-7-8-11/h2-3,5-6,11,15H,4,7-10H2,1H3,(H,16,17). The highest BCUT2D eigenvalue weighted by molar-refractivity contribution is 5.96. The maximum Gasteiger partial charge on any atom is 0.255 e. The number of carbonyl (C=O) groups is 1. The van der Waals surface area contributed by atoms with Crippen LogP contribution in [-0.4, -0.2) is 32.1 Å². The van der Waals surface area contributed by atoms with Crippen LogP contribution in [0.4, 0.5) is 0 Å². The van der Waals surface area contributed by atoms with E-state index in [0.29, 0.717) is 17.9 Å². The zero-order chi connectivity index (χ0) is 12.8. The van der Waals surface area contributed by atoms with E-state index >= 15 is 0 Å². The first-order chi connectivity index (χ1) is 8.81. The van der Waals surface area contributed by atoms with E-state index in [1.165, 1.54) is 12.8 Å². The van der Waals surface area contributed by atoms with Crippen molar-refractivity contribution in [2.45, 2.75) is 25.3 Å². The van der Waals surface area contributed by atoms with E-state index in [4.69, 9.17) is 4.74 Å². The highest BCUT2D eigenvalue weighted by Crippen LogP contribution is 2.18. The van der Waals surface area contributed by atoms with Gasteiger partial charge in [-0.2, -0.15) is 0 Å². The van der Waals surface area contributed by atoms with Crippen molar-refractivity contribution in [2.24, 2.45) is 0 Å². The van der Waals surface area contributed by atoms with Gasteiger partial charge in [-0.3, -0.25) is 4.79 Å². The van der Waals surface area contributed by atoms with E-state index in [2.05, 4.69) is 10.6 Å². The molecule has 0 heterocycles. The van der Waals surface area contributed by atoms with Gasteiger partial charge in [0.15, 0.2) is 0 Å². The summed E-state index contributed by atoms with van der Waals surface area (Å²) in [6.07, 6.45) is 3.55. The number of methoxy groups -OCH3 is 1. The maximum absolute atomic E-state index is 11.9. The topological polar surface area (TPSA) is 50.4 Å². The Morgan fingerprint density at radius 3 is 2.83 bits per heavy atom. The molecule has 0 spiro atoms. The minimum absolute atomic E-state index is 0.0705. The first-order valence-electron chi connectivity index (χ1n) is 6.46. The highest BCUT2D eigenvalue weighted by Gasteiger charge is 2.19. The fraction of sp³-hybridized carbons (Fsp3) is 0.500. The second-order valence-corrected chi connectivity index (χ2v) is 4.54. The van der Waals surface area contributed by atoms with Gasteiger partial charge in [0, 0.05) is 12.6 Å². The minimum atomic E-state index is -0.0705. The molecule has 1 aliphatic rings. The summed E-state index contributed by atoms with van der Waals surface area (Å²) in [6, 6.07) is 8.00. The Morgan fingerprint density at radius 1 is 1.33 bits per heavy atom. The van der Waals surface area contributed by atoms with Gasteiger partial charge in [-0.25, -0.2) is 0 Å². The molecule has 0 unspecified atom stereocenters. The van der Waals surface area contributed by atoms with Crippen molar-refractivity contribution >= 4 is 5.91 Å². The van der Waals surface area contributed by atoms with E-state index in [0.717, 1.165) is 19.0 Å². The highest BCUT2D eigenvalue weighted by atomic mass is 16.5. The van der Waals surface area contributed by atoms with E-state index in [9.17, 15) is 4.79 Å². The molecule has 1 amide bonds. The Kier molecular flexibility index (Phi) is 4.59. The molecule has 0 bridgehead atoms. The van der Waals surface area contributed by atoms with Crippen LogP contribution in [0, 0.1) is 0 Å². The molecule has 0 atom stereocenters. The van der Waals surface area contributed by atoms with E-state index in [1.54, 1.807) is 19.2 Å². The Balaban J connectivity index is 1.72. The first kappa shape index (κ1) is 12.9. The lowest BCUT2D eigenvalue weighted by Crippen LogP contribution is -2.28. The molecule has 0 saturated heterocycles. The molecule has 1 aromatic rings. The Hall–Kier alpha value is -1.55. The molecule has 98 valence electrons. The summed E-state index contributed by atoms with van der Waals surface area (Å²) in [7, 11) is 1.58. The van der Waals surface area contributed by atoms with Gasteiger partial charge in [-0.05, 0) is 37.9 Å². The monoisotopic (exact) mass is 248 g/mol. The van der Waals surface area contributed by atoms with E-state index in [1.807, 2.05) is 12.1 Å². The molecule has 0 aliphatic heterocycles. The quantitative estimate of drug-likeness (QED) is 0.720. The summed E-state index contributed by atoms with van der Waals surface area (Å²) in [5.41, 5.74) is 0.593. The number of hydrogen-bond donors (Lipinski definition) is 2. The predicted octanol–water partition coefficient (Wildman–Crippen LogP) is 1.57. The lowest BCUT2D eigenvalue weighted by Gasteiger charge is -2.09. The molecule has 0 radical (unpaired) electrons. The van der Waals surface area contributed by atoms with E-state index in [-0.39, 0.29) is 5.91 Å². The molecule has 2 rings (SSSR count). The third kappa shape index (κ3) is 3.74.